The second-order valence-corrected chi connectivity index (χ2v) is 4.86. The van der Waals surface area contributed by atoms with Gasteiger partial charge in [-0.2, -0.15) is 0 Å². The lowest BCUT2D eigenvalue weighted by Crippen LogP contribution is -2.55. The van der Waals surface area contributed by atoms with Crippen LogP contribution in [0.15, 0.2) is 0 Å². The second kappa shape index (κ2) is 9.35. The molecular weight excluding hydrogens is 310 g/mol. The van der Waals surface area contributed by atoms with Gasteiger partial charge in [0, 0.05) is 0 Å². The van der Waals surface area contributed by atoms with Crippen LogP contribution in [0.25, 0.3) is 0 Å². The summed E-state index contributed by atoms with van der Waals surface area (Å²) in [6.45, 7) is 2.09. The predicted octanol–water partition coefficient (Wildman–Crippen LogP) is -3.60. The highest BCUT2D eigenvalue weighted by Crippen LogP contribution is 1.95. The van der Waals surface area contributed by atoms with Crippen molar-refractivity contribution in [2.45, 2.75) is 38.4 Å². The number of nitrogens with two attached hydrogens (primary N) is 2. The van der Waals surface area contributed by atoms with Gasteiger partial charge in [-0.05, 0) is 13.8 Å². The average molecular weight is 331 g/mol. The standard InChI is InChI=1S/C12H21N5O6/c1-5(13)10(21)17-7(3-8(14)18)12(23)16-6(2)11(22)15-4-9(19)20/h5-7H,3-4,13H2,1-2H3,(H2,14,18)(H,15,22)(H,16,23)(H,17,21)(H,19,20). The molecule has 3 atom stereocenters. The van der Waals surface area contributed by atoms with Crippen molar-refractivity contribution in [2.75, 3.05) is 6.54 Å². The fourth-order valence-corrected chi connectivity index (χ4v) is 1.41. The summed E-state index contributed by atoms with van der Waals surface area (Å²) in [6, 6.07) is -3.28. The molecule has 0 fully saturated rings. The molecule has 0 aliphatic heterocycles. The Kier molecular flexibility index (Phi) is 8.26. The smallest absolute Gasteiger partial charge is 0.322 e. The van der Waals surface area contributed by atoms with Crippen molar-refractivity contribution >= 4 is 29.6 Å². The molecule has 0 saturated heterocycles. The van der Waals surface area contributed by atoms with Gasteiger partial charge in [0.25, 0.3) is 0 Å². The number of carboxylic acids is 1. The number of nitrogens with one attached hydrogen (secondary N) is 3. The van der Waals surface area contributed by atoms with Crippen LogP contribution < -0.4 is 27.4 Å². The number of amides is 4. The van der Waals surface area contributed by atoms with Crippen molar-refractivity contribution < 1.29 is 29.1 Å². The summed E-state index contributed by atoms with van der Waals surface area (Å²) in [6.07, 6.45) is -0.478. The van der Waals surface area contributed by atoms with E-state index in [9.17, 15) is 24.0 Å². The zero-order chi connectivity index (χ0) is 18.2. The van der Waals surface area contributed by atoms with Gasteiger partial charge < -0.3 is 32.5 Å². The Hall–Kier alpha value is -2.69. The molecule has 0 aromatic rings. The van der Waals surface area contributed by atoms with E-state index in [1.54, 1.807) is 0 Å². The fraction of sp³-hybridized carbons (Fsp3) is 0.583. The molecule has 0 heterocycles. The van der Waals surface area contributed by atoms with Gasteiger partial charge in [-0.15, -0.1) is 0 Å². The van der Waals surface area contributed by atoms with E-state index in [1.807, 2.05) is 0 Å². The van der Waals surface area contributed by atoms with Crippen molar-refractivity contribution in [1.29, 1.82) is 0 Å². The van der Waals surface area contributed by atoms with Crippen LogP contribution >= 0.6 is 0 Å². The second-order valence-electron chi connectivity index (χ2n) is 4.86. The normalized spacial score (nSPS) is 14.0. The summed E-state index contributed by atoms with van der Waals surface area (Å²) in [5.41, 5.74) is 10.4. The summed E-state index contributed by atoms with van der Waals surface area (Å²) < 4.78 is 0. The molecule has 11 heteroatoms. The van der Waals surface area contributed by atoms with Crippen LogP contribution in [0, 0.1) is 0 Å². The number of hydrogen-bond acceptors (Lipinski definition) is 6. The molecule has 0 aliphatic rings. The Balaban J connectivity index is 4.75. The molecule has 0 aromatic heterocycles. The number of primary amides is 1. The molecule has 0 radical (unpaired) electrons. The average Bonchev–Trinajstić information content (AvgIpc) is 2.42. The van der Waals surface area contributed by atoms with Crippen LogP contribution in [0.5, 0.6) is 0 Å². The molecule has 0 rings (SSSR count). The molecular formula is C12H21N5O6. The number of carbonyl (C=O) groups is 5. The molecule has 0 saturated carbocycles. The summed E-state index contributed by atoms with van der Waals surface area (Å²) >= 11 is 0. The van der Waals surface area contributed by atoms with E-state index >= 15 is 0 Å². The van der Waals surface area contributed by atoms with Crippen LogP contribution in [-0.4, -0.2) is 59.4 Å². The first kappa shape index (κ1) is 20.3. The van der Waals surface area contributed by atoms with Crippen LogP contribution in [-0.2, 0) is 24.0 Å². The maximum absolute atomic E-state index is 12.0. The van der Waals surface area contributed by atoms with Crippen molar-refractivity contribution in [2.24, 2.45) is 11.5 Å². The van der Waals surface area contributed by atoms with Gasteiger partial charge in [-0.1, -0.05) is 0 Å². The Morgan fingerprint density at radius 1 is 1.00 bits per heavy atom. The third-order valence-corrected chi connectivity index (χ3v) is 2.62. The van der Waals surface area contributed by atoms with Gasteiger partial charge >= 0.3 is 5.97 Å². The first-order valence-electron chi connectivity index (χ1n) is 6.68. The van der Waals surface area contributed by atoms with Crippen molar-refractivity contribution in [1.82, 2.24) is 16.0 Å². The monoisotopic (exact) mass is 331 g/mol. The Labute approximate surface area is 132 Å². The predicted molar refractivity (Wildman–Crippen MR) is 77.6 cm³/mol. The lowest BCUT2D eigenvalue weighted by Gasteiger charge is -2.20. The van der Waals surface area contributed by atoms with Crippen LogP contribution in [0.3, 0.4) is 0 Å². The number of rotatable bonds is 9. The minimum atomic E-state index is -1.29. The van der Waals surface area contributed by atoms with Gasteiger partial charge in [-0.25, -0.2) is 0 Å². The van der Waals surface area contributed by atoms with Gasteiger partial charge in [0.05, 0.1) is 12.5 Å². The number of carbonyl (C=O) groups excluding carboxylic acids is 4. The Bertz CT molecular complexity index is 492. The number of carboxylic acid groups (broad SMARTS) is 1. The van der Waals surface area contributed by atoms with E-state index in [0.717, 1.165) is 0 Å². The molecule has 11 nitrogen and oxygen atoms in total. The first-order chi connectivity index (χ1) is 10.5. The molecule has 23 heavy (non-hydrogen) atoms. The van der Waals surface area contributed by atoms with E-state index in [0.29, 0.717) is 0 Å². The summed E-state index contributed by atoms with van der Waals surface area (Å²) in [4.78, 5) is 56.4. The zero-order valence-corrected chi connectivity index (χ0v) is 12.8. The highest BCUT2D eigenvalue weighted by molar-refractivity contribution is 5.95. The van der Waals surface area contributed by atoms with Crippen molar-refractivity contribution in [3.63, 3.8) is 0 Å². The Morgan fingerprint density at radius 2 is 1.57 bits per heavy atom. The van der Waals surface area contributed by atoms with E-state index < -0.39 is 60.7 Å². The quantitative estimate of drug-likeness (QED) is 0.251. The lowest BCUT2D eigenvalue weighted by atomic mass is 10.1. The van der Waals surface area contributed by atoms with Crippen LogP contribution in [0.4, 0.5) is 0 Å². The van der Waals surface area contributed by atoms with Crippen LogP contribution in [0.1, 0.15) is 20.3 Å². The van der Waals surface area contributed by atoms with Crippen molar-refractivity contribution in [3.05, 3.63) is 0 Å². The van der Waals surface area contributed by atoms with E-state index in [-0.39, 0.29) is 0 Å². The summed E-state index contributed by atoms with van der Waals surface area (Å²) in [7, 11) is 0. The molecule has 0 aromatic carbocycles. The fourth-order valence-electron chi connectivity index (χ4n) is 1.41. The summed E-state index contributed by atoms with van der Waals surface area (Å²) in [5.74, 6) is -4.31. The minimum Gasteiger partial charge on any atom is -0.480 e. The SMILES string of the molecule is CC(N)C(=O)NC(CC(N)=O)C(=O)NC(C)C(=O)NCC(=O)O. The highest BCUT2D eigenvalue weighted by Gasteiger charge is 2.26. The third kappa shape index (κ3) is 8.36. The molecule has 3 unspecified atom stereocenters. The van der Waals surface area contributed by atoms with Gasteiger partial charge in [0.15, 0.2) is 0 Å². The largest absolute Gasteiger partial charge is 0.480 e. The maximum atomic E-state index is 12.0. The topological polar surface area (TPSA) is 194 Å². The molecule has 0 aliphatic carbocycles. The summed E-state index contributed by atoms with van der Waals surface area (Å²) in [5, 5.41) is 15.0. The molecule has 4 amide bonds. The van der Waals surface area contributed by atoms with Gasteiger partial charge in [-0.3, -0.25) is 24.0 Å². The molecule has 0 bridgehead atoms. The maximum Gasteiger partial charge on any atom is 0.322 e. The lowest BCUT2D eigenvalue weighted by molar-refractivity contribution is -0.138. The van der Waals surface area contributed by atoms with Crippen LogP contribution in [0.2, 0.25) is 0 Å². The Morgan fingerprint density at radius 3 is 2.00 bits per heavy atom. The van der Waals surface area contributed by atoms with E-state index in [1.165, 1.54) is 13.8 Å². The van der Waals surface area contributed by atoms with Crippen molar-refractivity contribution in [3.8, 4) is 0 Å². The zero-order valence-electron chi connectivity index (χ0n) is 12.8. The van der Waals surface area contributed by atoms with Gasteiger partial charge in [0.2, 0.25) is 23.6 Å². The minimum absolute atomic E-state index is 0.478. The molecule has 8 N–H and O–H groups in total. The number of aliphatic carboxylic acids is 1. The highest BCUT2D eigenvalue weighted by atomic mass is 16.4. The molecule has 130 valence electrons. The molecule has 0 spiro atoms. The van der Waals surface area contributed by atoms with E-state index in [2.05, 4.69) is 16.0 Å². The van der Waals surface area contributed by atoms with Gasteiger partial charge in [0.1, 0.15) is 18.6 Å². The first-order valence-corrected chi connectivity index (χ1v) is 6.68. The number of hydrogen-bond donors (Lipinski definition) is 6. The van der Waals surface area contributed by atoms with E-state index in [4.69, 9.17) is 16.6 Å². The third-order valence-electron chi connectivity index (χ3n) is 2.62.